The van der Waals surface area contributed by atoms with Crippen LogP contribution in [0.15, 0.2) is 12.1 Å². The Bertz CT molecular complexity index is 524. The zero-order valence-corrected chi connectivity index (χ0v) is 9.07. The van der Waals surface area contributed by atoms with Crippen LogP contribution in [-0.4, -0.2) is 20.0 Å². The predicted octanol–water partition coefficient (Wildman–Crippen LogP) is 3.23. The highest BCUT2D eigenvalue weighted by atomic mass is 19.4. The molecule has 1 aromatic carbocycles. The van der Waals surface area contributed by atoms with Crippen molar-refractivity contribution in [1.82, 2.24) is 0 Å². The average Bonchev–Trinajstić information content (AvgIpc) is 2.26. The third kappa shape index (κ3) is 1.91. The molecule has 0 spiro atoms. The van der Waals surface area contributed by atoms with Crippen LogP contribution in [0.1, 0.15) is 5.56 Å². The van der Waals surface area contributed by atoms with Gasteiger partial charge in [0.1, 0.15) is 0 Å². The second-order valence-corrected chi connectivity index (χ2v) is 3.77. The van der Waals surface area contributed by atoms with Crippen molar-refractivity contribution in [2.75, 3.05) is 0 Å². The Morgan fingerprint density at radius 3 is 1.90 bits per heavy atom. The Balaban J connectivity index is 2.79. The summed E-state index contributed by atoms with van der Waals surface area (Å²) in [5, 5.41) is 0. The van der Waals surface area contributed by atoms with E-state index in [1.165, 1.54) is 0 Å². The highest BCUT2D eigenvalue weighted by molar-refractivity contribution is 6.20. The molecule has 1 heterocycles. The summed E-state index contributed by atoms with van der Waals surface area (Å²) in [6.45, 7) is 0. The van der Waals surface area contributed by atoms with Crippen molar-refractivity contribution in [3.05, 3.63) is 29.3 Å². The van der Waals surface area contributed by atoms with Gasteiger partial charge in [-0.15, -0.1) is 0 Å². The number of halogens is 8. The molecule has 0 amide bonds. The first-order valence-corrected chi connectivity index (χ1v) is 4.80. The van der Waals surface area contributed by atoms with Crippen LogP contribution >= 0.6 is 0 Å². The molecule has 2 rings (SSSR count). The third-order valence-electron chi connectivity index (χ3n) is 2.60. The fourth-order valence-electron chi connectivity index (χ4n) is 1.71. The van der Waals surface area contributed by atoms with E-state index >= 15 is 0 Å². The number of fused-ring (bicyclic) bond motifs is 1. The molecule has 0 N–H and O–H groups in total. The van der Waals surface area contributed by atoms with E-state index in [1.54, 1.807) is 0 Å². The topological polar surface area (TPSA) is 18.5 Å². The minimum absolute atomic E-state index is 0.0793. The lowest BCUT2D eigenvalue weighted by Crippen LogP contribution is -2.58. The van der Waals surface area contributed by atoms with Crippen LogP contribution in [0.3, 0.4) is 0 Å². The van der Waals surface area contributed by atoms with Crippen molar-refractivity contribution in [3.8, 4) is 5.75 Å². The molecule has 2 radical (unpaired) electrons. The molecule has 0 fully saturated rings. The maximum Gasteiger partial charge on any atom is 0.427 e. The van der Waals surface area contributed by atoms with Gasteiger partial charge >= 0.3 is 12.4 Å². The van der Waals surface area contributed by atoms with E-state index in [0.717, 1.165) is 0 Å². The van der Waals surface area contributed by atoms with Crippen molar-refractivity contribution >= 4 is 7.69 Å². The van der Waals surface area contributed by atoms with Gasteiger partial charge in [-0.3, -0.25) is 0 Å². The first-order valence-electron chi connectivity index (χ1n) is 4.80. The Morgan fingerprint density at radius 2 is 1.40 bits per heavy atom. The number of hydrogen-bond acceptors (Lipinski definition) is 2. The molecule has 0 atom stereocenters. The maximum absolute atomic E-state index is 13.0. The van der Waals surface area contributed by atoms with E-state index in [9.17, 15) is 35.1 Å². The van der Waals surface area contributed by atoms with Crippen molar-refractivity contribution in [2.24, 2.45) is 0 Å². The van der Waals surface area contributed by atoms with Crippen LogP contribution in [0.2, 0.25) is 0 Å². The van der Waals surface area contributed by atoms with E-state index in [4.69, 9.17) is 0 Å². The Hall–Kier alpha value is -1.52. The van der Waals surface area contributed by atoms with Crippen molar-refractivity contribution in [3.63, 3.8) is 0 Å². The summed E-state index contributed by atoms with van der Waals surface area (Å²) in [6, 6.07) is -0.172. The quantitative estimate of drug-likeness (QED) is 0.541. The number of alkyl halides is 6. The van der Waals surface area contributed by atoms with Crippen molar-refractivity contribution in [1.29, 1.82) is 0 Å². The molecule has 1 aliphatic heterocycles. The van der Waals surface area contributed by atoms with Gasteiger partial charge < -0.3 is 9.31 Å². The SMILES string of the molecule is Fc1cc2c(cc1F)C(C(F)(F)F)(C(F)(F)F)O[B-]O2. The molecule has 11 heteroatoms. The fourth-order valence-corrected chi connectivity index (χ4v) is 1.71. The van der Waals surface area contributed by atoms with E-state index in [0.29, 0.717) is 0 Å². The van der Waals surface area contributed by atoms with E-state index in [1.807, 2.05) is 0 Å². The standard InChI is InChI=1S/C9H2BF8O2/c11-4-1-3-6(2-5(4)12)19-10-20-7(3,8(13,14)15)9(16,17)18/h1-2H/q-1. The van der Waals surface area contributed by atoms with E-state index in [2.05, 4.69) is 9.31 Å². The molecule has 2 nitrogen and oxygen atoms in total. The molecule has 1 aliphatic rings. The van der Waals surface area contributed by atoms with Crippen molar-refractivity contribution in [2.45, 2.75) is 18.0 Å². The van der Waals surface area contributed by atoms with Gasteiger partial charge in [0.05, 0.1) is 13.4 Å². The van der Waals surface area contributed by atoms with E-state index in [-0.39, 0.29) is 19.8 Å². The largest absolute Gasteiger partial charge is 0.741 e. The lowest BCUT2D eigenvalue weighted by molar-refractivity contribution is -0.370. The summed E-state index contributed by atoms with van der Waals surface area (Å²) >= 11 is 0. The molecule has 0 bridgehead atoms. The van der Waals surface area contributed by atoms with Gasteiger partial charge in [0.25, 0.3) is 0 Å². The highest BCUT2D eigenvalue weighted by Gasteiger charge is 2.72. The van der Waals surface area contributed by atoms with Crippen LogP contribution in [0.4, 0.5) is 35.1 Å². The van der Waals surface area contributed by atoms with Gasteiger partial charge in [-0.2, -0.15) is 26.3 Å². The molecule has 0 unspecified atom stereocenters. The monoisotopic (exact) mass is 305 g/mol. The highest BCUT2D eigenvalue weighted by Crippen LogP contribution is 2.56. The van der Waals surface area contributed by atoms with Gasteiger partial charge in [-0.05, 0) is 6.07 Å². The average molecular weight is 305 g/mol. The zero-order chi connectivity index (χ0) is 15.3. The smallest absolute Gasteiger partial charge is 0.427 e. The minimum atomic E-state index is -5.97. The second-order valence-electron chi connectivity index (χ2n) is 3.77. The van der Waals surface area contributed by atoms with E-state index < -0.39 is 40.9 Å². The summed E-state index contributed by atoms with van der Waals surface area (Å²) in [6.07, 6.45) is -11.9. The van der Waals surface area contributed by atoms with Gasteiger partial charge in [0, 0.05) is 11.6 Å². The minimum Gasteiger partial charge on any atom is -0.741 e. The van der Waals surface area contributed by atoms with Crippen molar-refractivity contribution < 1.29 is 44.4 Å². The van der Waals surface area contributed by atoms with Crippen LogP contribution in [0.5, 0.6) is 5.75 Å². The van der Waals surface area contributed by atoms with Gasteiger partial charge in [0.15, 0.2) is 11.6 Å². The Kier molecular flexibility index (Phi) is 3.15. The maximum atomic E-state index is 13.0. The molecule has 20 heavy (non-hydrogen) atoms. The molecule has 110 valence electrons. The second kappa shape index (κ2) is 4.24. The van der Waals surface area contributed by atoms with Crippen LogP contribution < -0.4 is 4.65 Å². The molecule has 0 aliphatic carbocycles. The summed E-state index contributed by atoms with van der Waals surface area (Å²) in [7, 11) is -0.222. The molecule has 0 saturated carbocycles. The van der Waals surface area contributed by atoms with Crippen LogP contribution in [-0.2, 0) is 10.3 Å². The molecular formula is C9H2BF8O2-. The normalized spacial score (nSPS) is 18.4. The summed E-state index contributed by atoms with van der Waals surface area (Å²) < 4.78 is 111. The number of rotatable bonds is 0. The Labute approximate surface area is 106 Å². The molecule has 1 aromatic rings. The summed E-state index contributed by atoms with van der Waals surface area (Å²) in [5.74, 6) is -4.68. The number of benzene rings is 1. The predicted molar refractivity (Wildman–Crippen MR) is 47.6 cm³/mol. The zero-order valence-electron chi connectivity index (χ0n) is 9.07. The first kappa shape index (κ1) is 14.9. The molecular weight excluding hydrogens is 303 g/mol. The van der Waals surface area contributed by atoms with Gasteiger partial charge in [0.2, 0.25) is 5.60 Å². The summed E-state index contributed by atoms with van der Waals surface area (Å²) in [5.41, 5.74) is -6.53. The fraction of sp³-hybridized carbons (Fsp3) is 0.333. The lowest BCUT2D eigenvalue weighted by Gasteiger charge is -2.48. The number of hydrogen-bond donors (Lipinski definition) is 0. The third-order valence-corrected chi connectivity index (χ3v) is 2.60. The van der Waals surface area contributed by atoms with Crippen LogP contribution in [0.25, 0.3) is 0 Å². The first-order chi connectivity index (χ1) is 9.00. The van der Waals surface area contributed by atoms with Gasteiger partial charge in [-0.25, -0.2) is 8.78 Å². The van der Waals surface area contributed by atoms with Gasteiger partial charge in [-0.1, -0.05) is 0 Å². The molecule has 0 aromatic heterocycles. The molecule has 0 saturated heterocycles. The van der Waals surface area contributed by atoms with Crippen LogP contribution in [0, 0.1) is 11.6 Å². The summed E-state index contributed by atoms with van der Waals surface area (Å²) in [4.78, 5) is 0. The Morgan fingerprint density at radius 1 is 0.900 bits per heavy atom. The lowest BCUT2D eigenvalue weighted by atomic mass is 9.88.